The summed E-state index contributed by atoms with van der Waals surface area (Å²) in [5.74, 6) is -0.688. The van der Waals surface area contributed by atoms with Crippen molar-refractivity contribution in [2.75, 3.05) is 13.2 Å². The van der Waals surface area contributed by atoms with Gasteiger partial charge in [-0.05, 0) is 49.6 Å². The Morgan fingerprint density at radius 2 is 1.84 bits per heavy atom. The fourth-order valence-corrected chi connectivity index (χ4v) is 5.82. The van der Waals surface area contributed by atoms with E-state index in [4.69, 9.17) is 4.74 Å². The van der Waals surface area contributed by atoms with Crippen LogP contribution in [0.2, 0.25) is 0 Å². The monoisotopic (exact) mass is 535 g/mol. The van der Waals surface area contributed by atoms with Gasteiger partial charge in [0.15, 0.2) is 0 Å². The molecule has 3 aromatic rings. The van der Waals surface area contributed by atoms with Crippen molar-refractivity contribution in [2.24, 2.45) is 0 Å². The van der Waals surface area contributed by atoms with Gasteiger partial charge in [0.05, 0.1) is 42.4 Å². The third-order valence-electron chi connectivity index (χ3n) is 6.27. The highest BCUT2D eigenvalue weighted by Crippen LogP contribution is 2.29. The Morgan fingerprint density at radius 3 is 2.43 bits per heavy atom. The van der Waals surface area contributed by atoms with E-state index < -0.39 is 27.5 Å². The summed E-state index contributed by atoms with van der Waals surface area (Å²) in [6.07, 6.45) is -1.59. The average molecular weight is 536 g/mol. The predicted octanol–water partition coefficient (Wildman–Crippen LogP) is 4.72. The van der Waals surface area contributed by atoms with Gasteiger partial charge in [0.2, 0.25) is 15.0 Å². The first-order valence-corrected chi connectivity index (χ1v) is 13.6. The van der Waals surface area contributed by atoms with Crippen molar-refractivity contribution in [3.8, 4) is 0 Å². The van der Waals surface area contributed by atoms with E-state index in [1.165, 1.54) is 11.1 Å². The molecule has 0 radical (unpaired) electrons. The van der Waals surface area contributed by atoms with Crippen molar-refractivity contribution in [3.63, 3.8) is 0 Å². The summed E-state index contributed by atoms with van der Waals surface area (Å²) in [5, 5.41) is -0.0973. The fourth-order valence-electron chi connectivity index (χ4n) is 4.32. The van der Waals surface area contributed by atoms with Crippen LogP contribution in [-0.4, -0.2) is 48.0 Å². The van der Waals surface area contributed by atoms with Crippen molar-refractivity contribution >= 4 is 15.7 Å². The number of aromatic nitrogens is 2. The van der Waals surface area contributed by atoms with Gasteiger partial charge >= 0.3 is 6.18 Å². The van der Waals surface area contributed by atoms with Crippen molar-refractivity contribution in [3.05, 3.63) is 83.2 Å². The molecule has 37 heavy (non-hydrogen) atoms. The lowest BCUT2D eigenvalue weighted by Crippen LogP contribution is -2.32. The molecule has 7 nitrogen and oxygen atoms in total. The third kappa shape index (κ3) is 6.40. The van der Waals surface area contributed by atoms with E-state index in [-0.39, 0.29) is 42.2 Å². The number of halogens is 3. The maximum atomic E-state index is 13.3. The lowest BCUT2D eigenvalue weighted by Gasteiger charge is -2.23. The van der Waals surface area contributed by atoms with E-state index >= 15 is 0 Å². The summed E-state index contributed by atoms with van der Waals surface area (Å²) in [5.41, 5.74) is 0.402. The van der Waals surface area contributed by atoms with Gasteiger partial charge in [0.25, 0.3) is 5.91 Å². The number of amides is 1. The van der Waals surface area contributed by atoms with Crippen molar-refractivity contribution in [1.29, 1.82) is 0 Å². The Hall–Kier alpha value is -3.18. The summed E-state index contributed by atoms with van der Waals surface area (Å²) in [6, 6.07) is 12.8. The minimum absolute atomic E-state index is 0.0386. The van der Waals surface area contributed by atoms with Crippen LogP contribution < -0.4 is 0 Å². The highest BCUT2D eigenvalue weighted by molar-refractivity contribution is 7.90. The molecular weight excluding hydrogens is 507 g/mol. The first-order valence-electron chi connectivity index (χ1n) is 12.0. The number of nitrogens with zero attached hydrogens (tertiary/aromatic N) is 3. The van der Waals surface area contributed by atoms with Gasteiger partial charge in [0.1, 0.15) is 0 Å². The topological polar surface area (TPSA) is 81.5 Å². The van der Waals surface area contributed by atoms with Gasteiger partial charge in [-0.15, -0.1) is 0 Å². The first-order chi connectivity index (χ1) is 17.6. The SMILES string of the molecule is CCN(Cc1cnc(S(=O)(=O)Cc2ccccc2)n1C[C@@H]1CCCO1)C(=O)c1ccc(C(F)(F)F)cc1. The molecule has 1 amide bonds. The normalized spacial score (nSPS) is 16.2. The molecule has 0 unspecified atom stereocenters. The Balaban J connectivity index is 1.61. The molecule has 0 spiro atoms. The molecule has 1 aromatic heterocycles. The molecule has 1 fully saturated rings. The second kappa shape index (κ2) is 11.1. The second-order valence-electron chi connectivity index (χ2n) is 8.92. The van der Waals surface area contributed by atoms with Gasteiger partial charge in [0, 0.05) is 18.7 Å². The van der Waals surface area contributed by atoms with Crippen LogP contribution in [0.3, 0.4) is 0 Å². The zero-order valence-electron chi connectivity index (χ0n) is 20.3. The van der Waals surface area contributed by atoms with Gasteiger partial charge in [-0.1, -0.05) is 30.3 Å². The number of imidazole rings is 1. The molecule has 2 aromatic carbocycles. The van der Waals surface area contributed by atoms with Gasteiger partial charge < -0.3 is 14.2 Å². The van der Waals surface area contributed by atoms with E-state index in [2.05, 4.69) is 4.98 Å². The largest absolute Gasteiger partial charge is 0.416 e. The number of ether oxygens (including phenoxy) is 1. The zero-order chi connectivity index (χ0) is 26.6. The number of alkyl halides is 3. The van der Waals surface area contributed by atoms with Gasteiger partial charge in [-0.25, -0.2) is 13.4 Å². The van der Waals surface area contributed by atoms with E-state index in [1.54, 1.807) is 41.8 Å². The maximum absolute atomic E-state index is 13.3. The summed E-state index contributed by atoms with van der Waals surface area (Å²) in [6.45, 7) is 2.91. The molecular formula is C26H28F3N3O4S. The van der Waals surface area contributed by atoms with Crippen LogP contribution in [0.5, 0.6) is 0 Å². The molecule has 0 aliphatic carbocycles. The molecule has 1 saturated heterocycles. The first kappa shape index (κ1) is 26.9. The van der Waals surface area contributed by atoms with Crippen LogP contribution in [0.15, 0.2) is 66.0 Å². The Bertz CT molecular complexity index is 1320. The number of carbonyl (C=O) groups is 1. The van der Waals surface area contributed by atoms with Crippen LogP contribution in [0.1, 0.15) is 46.9 Å². The van der Waals surface area contributed by atoms with Crippen molar-refractivity contribution in [2.45, 2.75) is 56.0 Å². The van der Waals surface area contributed by atoms with Crippen LogP contribution in [-0.2, 0) is 39.6 Å². The predicted molar refractivity (Wildman–Crippen MR) is 130 cm³/mol. The lowest BCUT2D eigenvalue weighted by molar-refractivity contribution is -0.137. The van der Waals surface area contributed by atoms with E-state index in [0.717, 1.165) is 37.1 Å². The second-order valence-corrected chi connectivity index (χ2v) is 10.8. The summed E-state index contributed by atoms with van der Waals surface area (Å²) in [7, 11) is -3.81. The quantitative estimate of drug-likeness (QED) is 0.396. The van der Waals surface area contributed by atoms with Crippen molar-refractivity contribution < 1.29 is 31.1 Å². The number of sulfone groups is 1. The molecule has 4 rings (SSSR count). The number of benzene rings is 2. The van der Waals surface area contributed by atoms with Crippen LogP contribution in [0.25, 0.3) is 0 Å². The summed E-state index contributed by atoms with van der Waals surface area (Å²) >= 11 is 0. The van der Waals surface area contributed by atoms with E-state index in [1.807, 2.05) is 0 Å². The number of hydrogen-bond donors (Lipinski definition) is 0. The molecule has 2 heterocycles. The smallest absolute Gasteiger partial charge is 0.376 e. The summed E-state index contributed by atoms with van der Waals surface area (Å²) in [4.78, 5) is 18.8. The fraction of sp³-hybridized carbons (Fsp3) is 0.385. The lowest BCUT2D eigenvalue weighted by atomic mass is 10.1. The third-order valence-corrected chi connectivity index (χ3v) is 7.87. The number of hydrogen-bond acceptors (Lipinski definition) is 5. The van der Waals surface area contributed by atoms with Crippen LogP contribution >= 0.6 is 0 Å². The number of carbonyl (C=O) groups excluding carboxylic acids is 1. The van der Waals surface area contributed by atoms with Crippen LogP contribution in [0, 0.1) is 0 Å². The Morgan fingerprint density at radius 1 is 1.14 bits per heavy atom. The Labute approximate surface area is 213 Å². The average Bonchev–Trinajstić information content (AvgIpc) is 3.53. The molecule has 11 heteroatoms. The molecule has 1 aliphatic heterocycles. The summed E-state index contributed by atoms with van der Waals surface area (Å²) < 4.78 is 72.8. The highest BCUT2D eigenvalue weighted by atomic mass is 32.2. The Kier molecular flexibility index (Phi) is 8.03. The minimum Gasteiger partial charge on any atom is -0.376 e. The van der Waals surface area contributed by atoms with E-state index in [9.17, 15) is 26.4 Å². The van der Waals surface area contributed by atoms with Crippen LogP contribution in [0.4, 0.5) is 13.2 Å². The molecule has 0 bridgehead atoms. The standard InChI is InChI=1S/C26H28F3N3O4S/c1-2-31(24(33)20-10-12-21(13-11-20)26(27,28)29)16-22-15-30-25(32(22)17-23-9-6-14-36-23)37(34,35)18-19-7-4-3-5-8-19/h3-5,7-8,10-13,15,23H,2,6,9,14,16-18H2,1H3/t23-/m0/s1. The molecule has 0 saturated carbocycles. The van der Waals surface area contributed by atoms with Gasteiger partial charge in [-0.3, -0.25) is 4.79 Å². The molecule has 0 N–H and O–H groups in total. The zero-order valence-corrected chi connectivity index (χ0v) is 21.1. The minimum atomic E-state index is -4.50. The number of rotatable bonds is 9. The van der Waals surface area contributed by atoms with Crippen molar-refractivity contribution in [1.82, 2.24) is 14.5 Å². The molecule has 1 atom stereocenters. The molecule has 198 valence electrons. The van der Waals surface area contributed by atoms with Gasteiger partial charge in [-0.2, -0.15) is 13.2 Å². The highest BCUT2D eigenvalue weighted by Gasteiger charge is 2.31. The van der Waals surface area contributed by atoms with E-state index in [0.29, 0.717) is 17.9 Å². The molecule has 1 aliphatic rings. The maximum Gasteiger partial charge on any atom is 0.416 e.